The van der Waals surface area contributed by atoms with Crippen LogP contribution in [0.15, 0.2) is 91.1 Å². The van der Waals surface area contributed by atoms with Crippen molar-refractivity contribution in [3.05, 3.63) is 102 Å². The lowest BCUT2D eigenvalue weighted by molar-refractivity contribution is -0.128. The quantitative estimate of drug-likeness (QED) is 0.484. The number of aromatic amines is 1. The summed E-state index contributed by atoms with van der Waals surface area (Å²) in [5.74, 6) is 0.0352. The number of carbonyl (C=O) groups excluding carboxylic acids is 1. The second-order valence-corrected chi connectivity index (χ2v) is 7.28. The molecule has 0 bridgehead atoms. The van der Waals surface area contributed by atoms with E-state index in [2.05, 4.69) is 27.9 Å². The summed E-state index contributed by atoms with van der Waals surface area (Å²) in [6, 6.07) is 27.7. The number of hydrogen-bond acceptors (Lipinski definition) is 3. The van der Waals surface area contributed by atoms with Gasteiger partial charge in [-0.25, -0.2) is 5.01 Å². The molecule has 144 valence electrons. The smallest absolute Gasteiger partial charge is 0.260 e. The predicted octanol–water partition coefficient (Wildman–Crippen LogP) is 4.24. The summed E-state index contributed by atoms with van der Waals surface area (Å²) in [5.41, 5.74) is 7.46. The van der Waals surface area contributed by atoms with Crippen LogP contribution in [0.25, 0.3) is 10.9 Å². The SMILES string of the molecule is O=C1[C@H](Cc2c[nH]c3ccccc23)NC(c2ccccc2)N1Nc1ccccc1. The molecule has 1 aliphatic rings. The highest BCUT2D eigenvalue weighted by Crippen LogP contribution is 2.29. The van der Waals surface area contributed by atoms with Crippen molar-refractivity contribution in [1.82, 2.24) is 15.3 Å². The van der Waals surface area contributed by atoms with Crippen LogP contribution < -0.4 is 10.7 Å². The molecule has 1 saturated heterocycles. The van der Waals surface area contributed by atoms with Gasteiger partial charge in [-0.3, -0.25) is 15.5 Å². The van der Waals surface area contributed by atoms with Crippen molar-refractivity contribution in [3.8, 4) is 0 Å². The number of nitrogens with one attached hydrogen (secondary N) is 3. The third-order valence-corrected chi connectivity index (χ3v) is 5.39. The number of carbonyl (C=O) groups is 1. The van der Waals surface area contributed by atoms with Gasteiger partial charge in [0, 0.05) is 17.1 Å². The average Bonchev–Trinajstić information content (AvgIpc) is 3.32. The topological polar surface area (TPSA) is 60.2 Å². The first kappa shape index (κ1) is 17.5. The summed E-state index contributed by atoms with van der Waals surface area (Å²) in [5, 5.41) is 6.40. The molecule has 1 amide bonds. The van der Waals surface area contributed by atoms with Crippen LogP contribution in [0.3, 0.4) is 0 Å². The molecule has 4 aromatic rings. The molecule has 3 N–H and O–H groups in total. The lowest BCUT2D eigenvalue weighted by Crippen LogP contribution is -2.36. The van der Waals surface area contributed by atoms with E-state index in [0.29, 0.717) is 6.42 Å². The van der Waals surface area contributed by atoms with Crippen LogP contribution in [-0.4, -0.2) is 21.9 Å². The van der Waals surface area contributed by atoms with Crippen LogP contribution in [-0.2, 0) is 11.2 Å². The van der Waals surface area contributed by atoms with Crippen LogP contribution >= 0.6 is 0 Å². The number of benzene rings is 3. The third kappa shape index (κ3) is 3.37. The zero-order chi connectivity index (χ0) is 19.6. The average molecular weight is 382 g/mol. The van der Waals surface area contributed by atoms with Gasteiger partial charge < -0.3 is 4.98 Å². The van der Waals surface area contributed by atoms with E-state index in [0.717, 1.165) is 27.7 Å². The molecule has 2 atom stereocenters. The molecule has 0 spiro atoms. The minimum absolute atomic E-state index is 0.0352. The van der Waals surface area contributed by atoms with Gasteiger partial charge in [-0.05, 0) is 35.7 Å². The van der Waals surface area contributed by atoms with Crippen LogP contribution in [0.4, 0.5) is 5.69 Å². The summed E-state index contributed by atoms with van der Waals surface area (Å²) in [4.78, 5) is 16.6. The number of hydrogen-bond donors (Lipinski definition) is 3. The number of nitrogens with zero attached hydrogens (tertiary/aromatic N) is 1. The van der Waals surface area contributed by atoms with Crippen LogP contribution in [0.5, 0.6) is 0 Å². The van der Waals surface area contributed by atoms with Gasteiger partial charge >= 0.3 is 0 Å². The van der Waals surface area contributed by atoms with Gasteiger partial charge in [-0.15, -0.1) is 0 Å². The fourth-order valence-corrected chi connectivity index (χ4v) is 3.95. The summed E-state index contributed by atoms with van der Waals surface area (Å²) in [6.07, 6.45) is 2.39. The fraction of sp³-hybridized carbons (Fsp3) is 0.125. The number of fused-ring (bicyclic) bond motifs is 1. The number of amides is 1. The van der Waals surface area contributed by atoms with E-state index in [-0.39, 0.29) is 18.1 Å². The summed E-state index contributed by atoms with van der Waals surface area (Å²) in [7, 11) is 0. The number of H-pyrrole nitrogens is 1. The maximum atomic E-state index is 13.3. The number of hydrazine groups is 1. The molecular weight excluding hydrogens is 360 g/mol. The Hall–Kier alpha value is -3.57. The Labute approximate surface area is 169 Å². The Kier molecular flexibility index (Phi) is 4.50. The Morgan fingerprint density at radius 2 is 1.55 bits per heavy atom. The molecule has 1 unspecified atom stereocenters. The van der Waals surface area contributed by atoms with E-state index < -0.39 is 0 Å². The predicted molar refractivity (Wildman–Crippen MR) is 115 cm³/mol. The van der Waals surface area contributed by atoms with Crippen molar-refractivity contribution in [2.45, 2.75) is 18.6 Å². The molecule has 29 heavy (non-hydrogen) atoms. The highest BCUT2D eigenvalue weighted by Gasteiger charge is 2.40. The van der Waals surface area contributed by atoms with E-state index in [4.69, 9.17) is 0 Å². The van der Waals surface area contributed by atoms with Crippen LogP contribution in [0.1, 0.15) is 17.3 Å². The first-order valence-electron chi connectivity index (χ1n) is 9.80. The van der Waals surface area contributed by atoms with E-state index in [9.17, 15) is 4.79 Å². The Bertz CT molecular complexity index is 1120. The van der Waals surface area contributed by atoms with Crippen molar-refractivity contribution >= 4 is 22.5 Å². The van der Waals surface area contributed by atoms with Crippen LogP contribution in [0, 0.1) is 0 Å². The van der Waals surface area contributed by atoms with Crippen molar-refractivity contribution in [2.24, 2.45) is 0 Å². The van der Waals surface area contributed by atoms with Gasteiger partial charge in [0.15, 0.2) is 0 Å². The lowest BCUT2D eigenvalue weighted by atomic mass is 10.1. The molecule has 3 aromatic carbocycles. The molecule has 0 aliphatic carbocycles. The van der Waals surface area contributed by atoms with Crippen molar-refractivity contribution in [1.29, 1.82) is 0 Å². The van der Waals surface area contributed by atoms with Gasteiger partial charge in [0.05, 0.1) is 11.7 Å². The number of rotatable bonds is 5. The molecular formula is C24H22N4O. The van der Waals surface area contributed by atoms with Crippen molar-refractivity contribution in [2.75, 3.05) is 5.43 Å². The zero-order valence-corrected chi connectivity index (χ0v) is 15.9. The van der Waals surface area contributed by atoms with Gasteiger partial charge in [0.1, 0.15) is 6.17 Å². The standard InChI is InChI=1S/C24H22N4O/c29-24-22(15-18-16-25-21-14-8-7-13-20(18)21)26-23(17-9-3-1-4-10-17)28(24)27-19-11-5-2-6-12-19/h1-14,16,22-23,25-27H,15H2/t22-,23?/m0/s1. The minimum Gasteiger partial charge on any atom is -0.361 e. The summed E-state index contributed by atoms with van der Waals surface area (Å²) in [6.45, 7) is 0. The maximum Gasteiger partial charge on any atom is 0.260 e. The van der Waals surface area contributed by atoms with E-state index in [1.54, 1.807) is 5.01 Å². The normalized spacial score (nSPS) is 19.0. The summed E-state index contributed by atoms with van der Waals surface area (Å²) < 4.78 is 0. The highest BCUT2D eigenvalue weighted by atomic mass is 16.2. The molecule has 1 fully saturated rings. The molecule has 2 heterocycles. The highest BCUT2D eigenvalue weighted by molar-refractivity contribution is 5.88. The van der Waals surface area contributed by atoms with Crippen molar-refractivity contribution in [3.63, 3.8) is 0 Å². The van der Waals surface area contributed by atoms with Gasteiger partial charge in [0.25, 0.3) is 5.91 Å². The van der Waals surface area contributed by atoms with E-state index in [1.807, 2.05) is 79.0 Å². The lowest BCUT2D eigenvalue weighted by Gasteiger charge is -2.25. The first-order chi connectivity index (χ1) is 14.3. The third-order valence-electron chi connectivity index (χ3n) is 5.39. The number of aromatic nitrogens is 1. The fourth-order valence-electron chi connectivity index (χ4n) is 3.95. The molecule has 0 saturated carbocycles. The molecule has 5 heteroatoms. The van der Waals surface area contributed by atoms with Gasteiger partial charge in [0.2, 0.25) is 0 Å². The Morgan fingerprint density at radius 3 is 2.34 bits per heavy atom. The molecule has 5 rings (SSSR count). The van der Waals surface area contributed by atoms with E-state index >= 15 is 0 Å². The zero-order valence-electron chi connectivity index (χ0n) is 15.9. The monoisotopic (exact) mass is 382 g/mol. The molecule has 5 nitrogen and oxygen atoms in total. The first-order valence-corrected chi connectivity index (χ1v) is 9.80. The van der Waals surface area contributed by atoms with Gasteiger partial charge in [-0.2, -0.15) is 0 Å². The largest absolute Gasteiger partial charge is 0.361 e. The van der Waals surface area contributed by atoms with E-state index in [1.165, 1.54) is 0 Å². The second kappa shape index (κ2) is 7.45. The maximum absolute atomic E-state index is 13.3. The molecule has 1 aromatic heterocycles. The van der Waals surface area contributed by atoms with Gasteiger partial charge in [-0.1, -0.05) is 66.7 Å². The second-order valence-electron chi connectivity index (χ2n) is 7.28. The minimum atomic E-state index is -0.310. The Balaban J connectivity index is 1.45. The number of anilines is 1. The Morgan fingerprint density at radius 1 is 0.862 bits per heavy atom. The molecule has 0 radical (unpaired) electrons. The number of para-hydroxylation sites is 2. The van der Waals surface area contributed by atoms with Crippen molar-refractivity contribution < 1.29 is 4.79 Å². The molecule has 1 aliphatic heterocycles. The van der Waals surface area contributed by atoms with Crippen LogP contribution in [0.2, 0.25) is 0 Å². The summed E-state index contributed by atoms with van der Waals surface area (Å²) >= 11 is 0.